The Morgan fingerprint density at radius 3 is 2.48 bits per heavy atom. The summed E-state index contributed by atoms with van der Waals surface area (Å²) in [6.07, 6.45) is 8.01. The standard InChI is InChI=1S/C21H35NO5/c1-3-26-19(23)10-8-6-5-7-9-18(21(25)27-4-2)22-14-17-15-11-12-16(13-15)20(17)24/h15-18,22H,3-14H2,1-2H3. The lowest BCUT2D eigenvalue weighted by Gasteiger charge is -2.24. The van der Waals surface area contributed by atoms with Crippen LogP contribution in [0.5, 0.6) is 0 Å². The van der Waals surface area contributed by atoms with E-state index in [1.165, 1.54) is 0 Å². The van der Waals surface area contributed by atoms with Gasteiger partial charge in [-0.25, -0.2) is 0 Å². The largest absolute Gasteiger partial charge is 0.466 e. The zero-order valence-electron chi connectivity index (χ0n) is 16.8. The Hall–Kier alpha value is -1.43. The Morgan fingerprint density at radius 1 is 1.07 bits per heavy atom. The van der Waals surface area contributed by atoms with Crippen molar-refractivity contribution in [3.63, 3.8) is 0 Å². The monoisotopic (exact) mass is 381 g/mol. The Kier molecular flexibility index (Phi) is 9.25. The molecule has 6 heteroatoms. The summed E-state index contributed by atoms with van der Waals surface area (Å²) in [7, 11) is 0. The number of hydrogen-bond donors (Lipinski definition) is 1. The van der Waals surface area contributed by atoms with Crippen LogP contribution in [0.1, 0.15) is 71.6 Å². The van der Waals surface area contributed by atoms with E-state index in [9.17, 15) is 14.4 Å². The van der Waals surface area contributed by atoms with E-state index >= 15 is 0 Å². The maximum atomic E-state index is 12.3. The van der Waals surface area contributed by atoms with Crippen LogP contribution in [0.15, 0.2) is 0 Å². The highest BCUT2D eigenvalue weighted by Gasteiger charge is 2.46. The fourth-order valence-electron chi connectivity index (χ4n) is 4.46. The van der Waals surface area contributed by atoms with E-state index in [0.29, 0.717) is 44.3 Å². The number of ketones is 1. The van der Waals surface area contributed by atoms with Gasteiger partial charge in [0, 0.05) is 24.8 Å². The second-order valence-corrected chi connectivity index (χ2v) is 7.75. The molecule has 27 heavy (non-hydrogen) atoms. The molecule has 0 aromatic heterocycles. The molecule has 0 amide bonds. The van der Waals surface area contributed by atoms with Crippen LogP contribution in [-0.2, 0) is 23.9 Å². The number of ether oxygens (including phenoxy) is 2. The second kappa shape index (κ2) is 11.4. The minimum absolute atomic E-state index is 0.0743. The molecule has 0 heterocycles. The fourth-order valence-corrected chi connectivity index (χ4v) is 4.46. The van der Waals surface area contributed by atoms with E-state index in [1.807, 2.05) is 13.8 Å². The first-order valence-corrected chi connectivity index (χ1v) is 10.7. The smallest absolute Gasteiger partial charge is 0.323 e. The fraction of sp³-hybridized carbons (Fsp3) is 0.857. The number of hydrogen-bond acceptors (Lipinski definition) is 6. The number of esters is 2. The third-order valence-electron chi connectivity index (χ3n) is 5.89. The molecule has 2 saturated carbocycles. The summed E-state index contributed by atoms with van der Waals surface area (Å²) in [6.45, 7) is 5.00. The normalized spacial score (nSPS) is 24.8. The Morgan fingerprint density at radius 2 is 1.81 bits per heavy atom. The van der Waals surface area contributed by atoms with Gasteiger partial charge in [-0.2, -0.15) is 0 Å². The first-order chi connectivity index (χ1) is 13.1. The molecule has 0 aliphatic heterocycles. The van der Waals surface area contributed by atoms with Crippen LogP contribution in [-0.4, -0.2) is 43.5 Å². The summed E-state index contributed by atoms with van der Waals surface area (Å²) in [5.74, 6) is 0.868. The minimum atomic E-state index is -0.345. The molecule has 0 aromatic rings. The maximum absolute atomic E-state index is 12.3. The molecular weight excluding hydrogens is 346 g/mol. The number of nitrogens with one attached hydrogen (secondary N) is 1. The molecule has 2 rings (SSSR count). The molecular formula is C21H35NO5. The quantitative estimate of drug-likeness (QED) is 0.390. The Balaban J connectivity index is 1.68. The van der Waals surface area contributed by atoms with Crippen LogP contribution in [0.3, 0.4) is 0 Å². The van der Waals surface area contributed by atoms with Crippen LogP contribution in [0, 0.1) is 17.8 Å². The second-order valence-electron chi connectivity index (χ2n) is 7.75. The molecule has 4 unspecified atom stereocenters. The third-order valence-corrected chi connectivity index (χ3v) is 5.89. The van der Waals surface area contributed by atoms with Gasteiger partial charge in [-0.15, -0.1) is 0 Å². The highest BCUT2D eigenvalue weighted by Crippen LogP contribution is 2.45. The van der Waals surface area contributed by atoms with E-state index < -0.39 is 0 Å². The van der Waals surface area contributed by atoms with Gasteiger partial charge >= 0.3 is 11.9 Å². The molecule has 154 valence electrons. The van der Waals surface area contributed by atoms with Gasteiger partial charge < -0.3 is 14.8 Å². The lowest BCUT2D eigenvalue weighted by molar-refractivity contribution is -0.146. The van der Waals surface area contributed by atoms with Crippen LogP contribution < -0.4 is 5.32 Å². The zero-order valence-corrected chi connectivity index (χ0v) is 16.8. The first kappa shape index (κ1) is 21.9. The van der Waals surface area contributed by atoms with Crippen molar-refractivity contribution in [3.05, 3.63) is 0 Å². The van der Waals surface area contributed by atoms with Crippen molar-refractivity contribution >= 4 is 17.7 Å². The van der Waals surface area contributed by atoms with Gasteiger partial charge in [-0.3, -0.25) is 14.4 Å². The Bertz CT molecular complexity index is 507. The molecule has 0 saturated heterocycles. The number of fused-ring (bicyclic) bond motifs is 2. The molecule has 2 fully saturated rings. The molecule has 2 bridgehead atoms. The number of rotatable bonds is 13. The van der Waals surface area contributed by atoms with Gasteiger partial charge in [0.25, 0.3) is 0 Å². The van der Waals surface area contributed by atoms with Crippen molar-refractivity contribution in [3.8, 4) is 0 Å². The number of carbonyl (C=O) groups is 3. The Labute approximate surface area is 162 Å². The number of unbranched alkanes of at least 4 members (excludes halogenated alkanes) is 3. The van der Waals surface area contributed by atoms with E-state index in [-0.39, 0.29) is 29.8 Å². The van der Waals surface area contributed by atoms with Gasteiger partial charge in [-0.05, 0) is 51.9 Å². The van der Waals surface area contributed by atoms with Crippen molar-refractivity contribution in [2.45, 2.75) is 77.7 Å². The SMILES string of the molecule is CCOC(=O)CCCCCCC(NCC1C(=O)C2CCC1C2)C(=O)OCC. The van der Waals surface area contributed by atoms with Crippen molar-refractivity contribution < 1.29 is 23.9 Å². The molecule has 2 aliphatic rings. The third kappa shape index (κ3) is 6.59. The number of carbonyl (C=O) groups excluding carboxylic acids is 3. The molecule has 1 N–H and O–H groups in total. The first-order valence-electron chi connectivity index (χ1n) is 10.7. The lowest BCUT2D eigenvalue weighted by atomic mass is 9.87. The topological polar surface area (TPSA) is 81.7 Å². The molecule has 6 nitrogen and oxygen atoms in total. The van der Waals surface area contributed by atoms with Crippen molar-refractivity contribution in [1.82, 2.24) is 5.32 Å². The van der Waals surface area contributed by atoms with Crippen molar-refractivity contribution in [2.24, 2.45) is 17.8 Å². The molecule has 0 spiro atoms. The zero-order chi connectivity index (χ0) is 19.6. The van der Waals surface area contributed by atoms with Crippen molar-refractivity contribution in [1.29, 1.82) is 0 Å². The van der Waals surface area contributed by atoms with E-state index in [4.69, 9.17) is 9.47 Å². The van der Waals surface area contributed by atoms with Crippen LogP contribution in [0.4, 0.5) is 0 Å². The van der Waals surface area contributed by atoms with Crippen LogP contribution in [0.2, 0.25) is 0 Å². The summed E-state index contributed by atoms with van der Waals surface area (Å²) < 4.78 is 10.1. The highest BCUT2D eigenvalue weighted by molar-refractivity contribution is 5.87. The van der Waals surface area contributed by atoms with Gasteiger partial charge in [-0.1, -0.05) is 19.3 Å². The summed E-state index contributed by atoms with van der Waals surface area (Å²) in [5, 5.41) is 3.32. The summed E-state index contributed by atoms with van der Waals surface area (Å²) >= 11 is 0. The van der Waals surface area contributed by atoms with Crippen LogP contribution in [0.25, 0.3) is 0 Å². The van der Waals surface area contributed by atoms with Gasteiger partial charge in [0.15, 0.2) is 0 Å². The van der Waals surface area contributed by atoms with E-state index in [2.05, 4.69) is 5.32 Å². The highest BCUT2D eigenvalue weighted by atomic mass is 16.5. The van der Waals surface area contributed by atoms with E-state index in [1.54, 1.807) is 0 Å². The average molecular weight is 382 g/mol. The molecule has 0 aromatic carbocycles. The minimum Gasteiger partial charge on any atom is -0.466 e. The number of Topliss-reactive ketones (excluding diaryl/α,β-unsaturated/α-hetero) is 1. The summed E-state index contributed by atoms with van der Waals surface area (Å²) in [6, 6.07) is -0.345. The van der Waals surface area contributed by atoms with Gasteiger partial charge in [0.1, 0.15) is 11.8 Å². The lowest BCUT2D eigenvalue weighted by Crippen LogP contribution is -2.43. The predicted octanol–water partition coefficient (Wildman–Crippen LogP) is 3.03. The maximum Gasteiger partial charge on any atom is 0.323 e. The molecule has 4 atom stereocenters. The molecule has 0 radical (unpaired) electrons. The summed E-state index contributed by atoms with van der Waals surface area (Å²) in [4.78, 5) is 35.9. The molecule has 2 aliphatic carbocycles. The average Bonchev–Trinajstić information content (AvgIpc) is 3.23. The van der Waals surface area contributed by atoms with Gasteiger partial charge in [0.05, 0.1) is 13.2 Å². The van der Waals surface area contributed by atoms with Gasteiger partial charge in [0.2, 0.25) is 0 Å². The van der Waals surface area contributed by atoms with Crippen LogP contribution >= 0.6 is 0 Å². The predicted molar refractivity (Wildman–Crippen MR) is 102 cm³/mol. The van der Waals surface area contributed by atoms with Crippen molar-refractivity contribution in [2.75, 3.05) is 19.8 Å². The van der Waals surface area contributed by atoms with E-state index in [0.717, 1.165) is 44.9 Å². The summed E-state index contributed by atoms with van der Waals surface area (Å²) in [5.41, 5.74) is 0.